The fraction of sp³-hybridized carbons (Fsp3) is 0.294. The first-order valence-electron chi connectivity index (χ1n) is 6.99. The zero-order valence-corrected chi connectivity index (χ0v) is 12.0. The van der Waals surface area contributed by atoms with Gasteiger partial charge in [0.1, 0.15) is 5.82 Å². The molecule has 0 saturated carbocycles. The minimum atomic E-state index is -0.172. The Labute approximate surface area is 124 Å². The van der Waals surface area contributed by atoms with Crippen molar-refractivity contribution in [3.63, 3.8) is 0 Å². The van der Waals surface area contributed by atoms with Gasteiger partial charge in [-0.3, -0.25) is 0 Å². The van der Waals surface area contributed by atoms with Crippen LogP contribution in [0.15, 0.2) is 48.5 Å². The molecule has 1 atom stereocenters. The fourth-order valence-electron chi connectivity index (χ4n) is 2.91. The summed E-state index contributed by atoms with van der Waals surface area (Å²) >= 11 is 5.95. The Morgan fingerprint density at radius 3 is 2.45 bits per heavy atom. The summed E-state index contributed by atoms with van der Waals surface area (Å²) in [5, 5.41) is 0.767. The van der Waals surface area contributed by atoms with Crippen molar-refractivity contribution in [1.82, 2.24) is 0 Å². The van der Waals surface area contributed by atoms with E-state index in [1.54, 1.807) is 0 Å². The van der Waals surface area contributed by atoms with E-state index in [2.05, 4.69) is 17.0 Å². The monoisotopic (exact) mass is 289 g/mol. The molecule has 2 aromatic carbocycles. The van der Waals surface area contributed by atoms with Crippen LogP contribution in [0.4, 0.5) is 10.1 Å². The molecule has 0 aromatic heterocycles. The Hall–Kier alpha value is -1.54. The van der Waals surface area contributed by atoms with E-state index in [4.69, 9.17) is 11.6 Å². The van der Waals surface area contributed by atoms with Gasteiger partial charge in [-0.05, 0) is 61.2 Å². The van der Waals surface area contributed by atoms with Gasteiger partial charge in [-0.1, -0.05) is 23.7 Å². The van der Waals surface area contributed by atoms with Gasteiger partial charge < -0.3 is 4.90 Å². The van der Waals surface area contributed by atoms with Gasteiger partial charge in [-0.15, -0.1) is 0 Å². The maximum Gasteiger partial charge on any atom is 0.123 e. The summed E-state index contributed by atoms with van der Waals surface area (Å²) < 4.78 is 13.0. The summed E-state index contributed by atoms with van der Waals surface area (Å²) in [5.41, 5.74) is 2.41. The molecule has 0 amide bonds. The summed E-state index contributed by atoms with van der Waals surface area (Å²) in [6.07, 6.45) is 3.34. The second kappa shape index (κ2) is 5.84. The van der Waals surface area contributed by atoms with Crippen LogP contribution in [0.3, 0.4) is 0 Å². The third kappa shape index (κ3) is 2.96. The maximum atomic E-state index is 13.0. The van der Waals surface area contributed by atoms with E-state index in [1.807, 2.05) is 24.3 Å². The molecule has 0 spiro atoms. The van der Waals surface area contributed by atoms with Crippen LogP contribution in [0.25, 0.3) is 0 Å². The Bertz CT molecular complexity index is 565. The summed E-state index contributed by atoms with van der Waals surface area (Å²) in [5.74, 6) is -0.172. The number of nitrogens with zero attached hydrogens (tertiary/aromatic N) is 1. The molecular weight excluding hydrogens is 273 g/mol. The smallest absolute Gasteiger partial charge is 0.123 e. The molecule has 104 valence electrons. The van der Waals surface area contributed by atoms with Gasteiger partial charge in [0.05, 0.1) is 0 Å². The number of anilines is 1. The summed E-state index contributed by atoms with van der Waals surface area (Å²) in [6, 6.07) is 15.3. The molecule has 0 bridgehead atoms. The second-order valence-electron chi connectivity index (χ2n) is 5.30. The molecule has 1 unspecified atom stereocenters. The number of hydrogen-bond donors (Lipinski definition) is 0. The molecular formula is C17H17ClFN. The zero-order valence-electron chi connectivity index (χ0n) is 11.2. The van der Waals surface area contributed by atoms with Crippen molar-refractivity contribution in [2.24, 2.45) is 0 Å². The first-order chi connectivity index (χ1) is 9.72. The normalized spacial score (nSPS) is 18.5. The summed E-state index contributed by atoms with van der Waals surface area (Å²) in [4.78, 5) is 2.43. The Morgan fingerprint density at radius 2 is 1.75 bits per heavy atom. The summed E-state index contributed by atoms with van der Waals surface area (Å²) in [6.45, 7) is 1.08. The molecule has 1 aliphatic heterocycles. The standard InChI is InChI=1S/C17H17ClFN/c18-14-5-9-16(10-6-14)20-11-1-2-17(20)12-13-3-7-15(19)8-4-13/h3-10,17H,1-2,11-12H2. The summed E-state index contributed by atoms with van der Waals surface area (Å²) in [7, 11) is 0. The minimum absolute atomic E-state index is 0.172. The average molecular weight is 290 g/mol. The van der Waals surface area contributed by atoms with Crippen molar-refractivity contribution >= 4 is 17.3 Å². The number of benzene rings is 2. The maximum absolute atomic E-state index is 13.0. The van der Waals surface area contributed by atoms with Gasteiger partial charge in [-0.25, -0.2) is 4.39 Å². The van der Waals surface area contributed by atoms with Crippen molar-refractivity contribution in [2.75, 3.05) is 11.4 Å². The first-order valence-corrected chi connectivity index (χ1v) is 7.37. The molecule has 1 aliphatic rings. The van der Waals surface area contributed by atoms with Gasteiger partial charge >= 0.3 is 0 Å². The van der Waals surface area contributed by atoms with Crippen molar-refractivity contribution < 1.29 is 4.39 Å². The lowest BCUT2D eigenvalue weighted by Crippen LogP contribution is -2.30. The topological polar surface area (TPSA) is 3.24 Å². The highest BCUT2D eigenvalue weighted by Crippen LogP contribution is 2.28. The largest absolute Gasteiger partial charge is 0.368 e. The minimum Gasteiger partial charge on any atom is -0.368 e. The molecule has 20 heavy (non-hydrogen) atoms. The van der Waals surface area contributed by atoms with Gasteiger partial charge in [0.25, 0.3) is 0 Å². The predicted molar refractivity (Wildman–Crippen MR) is 81.9 cm³/mol. The highest BCUT2D eigenvalue weighted by atomic mass is 35.5. The first kappa shape index (κ1) is 13.4. The Balaban J connectivity index is 1.75. The van der Waals surface area contributed by atoms with E-state index < -0.39 is 0 Å². The highest BCUT2D eigenvalue weighted by Gasteiger charge is 2.24. The molecule has 0 radical (unpaired) electrons. The van der Waals surface area contributed by atoms with Crippen LogP contribution >= 0.6 is 11.6 Å². The van der Waals surface area contributed by atoms with Crippen molar-refractivity contribution in [1.29, 1.82) is 0 Å². The molecule has 3 heteroatoms. The average Bonchev–Trinajstić information content (AvgIpc) is 2.90. The van der Waals surface area contributed by atoms with E-state index in [-0.39, 0.29) is 5.82 Å². The van der Waals surface area contributed by atoms with Crippen LogP contribution < -0.4 is 4.90 Å². The van der Waals surface area contributed by atoms with Crippen LogP contribution in [0, 0.1) is 5.82 Å². The Morgan fingerprint density at radius 1 is 1.05 bits per heavy atom. The van der Waals surface area contributed by atoms with Crippen LogP contribution in [-0.4, -0.2) is 12.6 Å². The van der Waals surface area contributed by atoms with E-state index in [0.717, 1.165) is 18.0 Å². The second-order valence-corrected chi connectivity index (χ2v) is 5.73. The fourth-order valence-corrected chi connectivity index (χ4v) is 3.04. The molecule has 0 N–H and O–H groups in total. The molecule has 2 aromatic rings. The number of halogens is 2. The lowest BCUT2D eigenvalue weighted by molar-refractivity contribution is 0.623. The van der Waals surface area contributed by atoms with Gasteiger partial charge in [0.15, 0.2) is 0 Å². The third-order valence-corrected chi connectivity index (χ3v) is 4.17. The molecule has 0 aliphatic carbocycles. The van der Waals surface area contributed by atoms with Crippen LogP contribution in [0.5, 0.6) is 0 Å². The van der Waals surface area contributed by atoms with E-state index in [1.165, 1.54) is 36.2 Å². The molecule has 1 heterocycles. The van der Waals surface area contributed by atoms with E-state index in [0.29, 0.717) is 6.04 Å². The lowest BCUT2D eigenvalue weighted by atomic mass is 10.0. The molecule has 3 rings (SSSR count). The third-order valence-electron chi connectivity index (χ3n) is 3.92. The highest BCUT2D eigenvalue weighted by molar-refractivity contribution is 6.30. The van der Waals surface area contributed by atoms with Crippen LogP contribution in [0.2, 0.25) is 5.02 Å². The van der Waals surface area contributed by atoms with Crippen molar-refractivity contribution in [2.45, 2.75) is 25.3 Å². The molecule has 1 fully saturated rings. The predicted octanol–water partition coefficient (Wildman–Crippen LogP) is 4.69. The number of hydrogen-bond acceptors (Lipinski definition) is 1. The lowest BCUT2D eigenvalue weighted by Gasteiger charge is -2.27. The van der Waals surface area contributed by atoms with Gasteiger partial charge in [0.2, 0.25) is 0 Å². The SMILES string of the molecule is Fc1ccc(CC2CCCN2c2ccc(Cl)cc2)cc1. The van der Waals surface area contributed by atoms with Gasteiger partial charge in [-0.2, -0.15) is 0 Å². The zero-order chi connectivity index (χ0) is 13.9. The van der Waals surface area contributed by atoms with E-state index in [9.17, 15) is 4.39 Å². The molecule has 1 saturated heterocycles. The van der Waals surface area contributed by atoms with Crippen LogP contribution in [0.1, 0.15) is 18.4 Å². The Kier molecular flexibility index (Phi) is 3.93. The van der Waals surface area contributed by atoms with Crippen molar-refractivity contribution in [3.05, 3.63) is 64.9 Å². The van der Waals surface area contributed by atoms with Crippen molar-refractivity contribution in [3.8, 4) is 0 Å². The van der Waals surface area contributed by atoms with Gasteiger partial charge in [0, 0.05) is 23.3 Å². The quantitative estimate of drug-likeness (QED) is 0.792. The van der Waals surface area contributed by atoms with Crippen LogP contribution in [-0.2, 0) is 6.42 Å². The number of rotatable bonds is 3. The molecule has 1 nitrogen and oxygen atoms in total. The van der Waals surface area contributed by atoms with E-state index >= 15 is 0 Å².